The lowest BCUT2D eigenvalue weighted by molar-refractivity contribution is -0.124. The Kier molecular flexibility index (Phi) is 9.47. The van der Waals surface area contributed by atoms with Crippen molar-refractivity contribution >= 4 is 14.2 Å². The third-order valence-electron chi connectivity index (χ3n) is 4.36. The summed E-state index contributed by atoms with van der Waals surface area (Å²) in [7, 11) is 1.72. The molecule has 0 bridgehead atoms. The highest BCUT2D eigenvalue weighted by Gasteiger charge is 2.36. The predicted octanol–water partition coefficient (Wildman–Crippen LogP) is 4.35. The highest BCUT2D eigenvalue weighted by molar-refractivity contribution is 6.74. The third kappa shape index (κ3) is 8.96. The number of rotatable bonds is 9. The molecule has 0 aromatic heterocycles. The maximum Gasteiger partial charge on any atom is 0.249 e. The van der Waals surface area contributed by atoms with Crippen LogP contribution < -0.4 is 0 Å². The van der Waals surface area contributed by atoms with E-state index in [1.54, 1.807) is 26.0 Å². The van der Waals surface area contributed by atoms with E-state index in [-0.39, 0.29) is 10.9 Å². The zero-order chi connectivity index (χ0) is 18.1. The Labute approximate surface area is 143 Å². The lowest BCUT2D eigenvalue weighted by Crippen LogP contribution is -2.40. The first-order chi connectivity index (χ1) is 10.5. The average molecular weight is 342 g/mol. The number of hydrogen-bond donors (Lipinski definition) is 0. The molecule has 5 heteroatoms. The van der Waals surface area contributed by atoms with Crippen LogP contribution in [0.25, 0.3) is 0 Å². The van der Waals surface area contributed by atoms with Gasteiger partial charge in [0.1, 0.15) is 0 Å². The van der Waals surface area contributed by atoms with Crippen LogP contribution in [0.3, 0.4) is 0 Å². The van der Waals surface area contributed by atoms with Crippen LogP contribution in [0.5, 0.6) is 0 Å². The van der Waals surface area contributed by atoms with E-state index in [9.17, 15) is 4.79 Å². The molecule has 0 saturated heterocycles. The number of allylic oxidation sites excluding steroid dienone is 2. The molecule has 0 unspecified atom stereocenters. The fraction of sp³-hybridized carbons (Fsp3) is 0.722. The van der Waals surface area contributed by atoms with Gasteiger partial charge in [0.25, 0.3) is 0 Å². The second kappa shape index (κ2) is 9.93. The number of unbranched alkanes of at least 4 members (excludes halogenated alkanes) is 1. The number of likely N-dealkylation sites (N-methyl/N-ethyl adjacent to an activating group) is 1. The van der Waals surface area contributed by atoms with Crippen LogP contribution in [0, 0.1) is 0 Å². The molecule has 0 rings (SSSR count). The SMILES string of the molecule is CO/C(C)=C/C(=O)N(C)C/C=C/CCCO[Si](C)(C)C(C)(C)C. The smallest absolute Gasteiger partial charge is 0.249 e. The van der Waals surface area contributed by atoms with Crippen molar-refractivity contribution in [1.29, 1.82) is 0 Å². The molecular weight excluding hydrogens is 306 g/mol. The van der Waals surface area contributed by atoms with E-state index in [1.807, 2.05) is 6.08 Å². The van der Waals surface area contributed by atoms with Gasteiger partial charge in [-0.1, -0.05) is 32.9 Å². The highest BCUT2D eigenvalue weighted by atomic mass is 28.4. The number of hydrogen-bond acceptors (Lipinski definition) is 3. The quantitative estimate of drug-likeness (QED) is 0.206. The van der Waals surface area contributed by atoms with Crippen LogP contribution in [-0.4, -0.2) is 46.4 Å². The summed E-state index contributed by atoms with van der Waals surface area (Å²) in [6.45, 7) is 14.5. The molecule has 0 aliphatic carbocycles. The van der Waals surface area contributed by atoms with Gasteiger partial charge in [-0.15, -0.1) is 0 Å². The predicted molar refractivity (Wildman–Crippen MR) is 99.9 cm³/mol. The number of ether oxygens (including phenoxy) is 1. The van der Waals surface area contributed by atoms with Crippen molar-refractivity contribution in [2.45, 2.75) is 58.7 Å². The lowest BCUT2D eigenvalue weighted by atomic mass is 10.2. The Bertz CT molecular complexity index is 422. The molecule has 0 aromatic carbocycles. The van der Waals surface area contributed by atoms with Crippen molar-refractivity contribution in [2.24, 2.45) is 0 Å². The van der Waals surface area contributed by atoms with E-state index >= 15 is 0 Å². The van der Waals surface area contributed by atoms with E-state index in [0.29, 0.717) is 12.3 Å². The number of carbonyl (C=O) groups excluding carboxylic acids is 1. The summed E-state index contributed by atoms with van der Waals surface area (Å²) in [4.78, 5) is 13.5. The molecule has 0 fully saturated rings. The van der Waals surface area contributed by atoms with Crippen molar-refractivity contribution in [3.05, 3.63) is 24.0 Å². The van der Waals surface area contributed by atoms with Crippen molar-refractivity contribution < 1.29 is 14.0 Å². The second-order valence-corrected chi connectivity index (χ2v) is 12.2. The summed E-state index contributed by atoms with van der Waals surface area (Å²) in [5, 5.41) is 0.264. The van der Waals surface area contributed by atoms with E-state index in [2.05, 4.69) is 39.9 Å². The topological polar surface area (TPSA) is 38.8 Å². The summed E-state index contributed by atoms with van der Waals surface area (Å²) < 4.78 is 11.1. The number of carbonyl (C=O) groups is 1. The van der Waals surface area contributed by atoms with E-state index in [0.717, 1.165) is 19.4 Å². The van der Waals surface area contributed by atoms with Crippen LogP contribution in [0.2, 0.25) is 18.1 Å². The first kappa shape index (κ1) is 21.9. The first-order valence-corrected chi connectivity index (χ1v) is 11.2. The molecule has 0 aliphatic heterocycles. The van der Waals surface area contributed by atoms with Gasteiger partial charge in [0.2, 0.25) is 5.91 Å². The van der Waals surface area contributed by atoms with Crippen LogP contribution >= 0.6 is 0 Å². The van der Waals surface area contributed by atoms with E-state index in [1.165, 1.54) is 6.08 Å². The number of methoxy groups -OCH3 is 1. The molecule has 0 saturated carbocycles. The molecular formula is C18H35NO3Si. The van der Waals surface area contributed by atoms with Gasteiger partial charge in [-0.05, 0) is 37.9 Å². The van der Waals surface area contributed by atoms with Crippen molar-refractivity contribution in [2.75, 3.05) is 27.3 Å². The Morgan fingerprint density at radius 1 is 1.22 bits per heavy atom. The summed E-state index contributed by atoms with van der Waals surface area (Å²) in [5.74, 6) is 0.573. The lowest BCUT2D eigenvalue weighted by Gasteiger charge is -2.36. The normalized spacial score (nSPS) is 13.5. The number of nitrogens with zero attached hydrogens (tertiary/aromatic N) is 1. The molecule has 134 valence electrons. The van der Waals surface area contributed by atoms with Crippen molar-refractivity contribution in [3.63, 3.8) is 0 Å². The fourth-order valence-corrected chi connectivity index (χ4v) is 2.62. The first-order valence-electron chi connectivity index (χ1n) is 8.27. The van der Waals surface area contributed by atoms with E-state index < -0.39 is 8.32 Å². The molecule has 0 atom stereocenters. The van der Waals surface area contributed by atoms with Gasteiger partial charge in [0.05, 0.1) is 12.9 Å². The summed E-state index contributed by atoms with van der Waals surface area (Å²) in [5.41, 5.74) is 0. The Morgan fingerprint density at radius 2 is 1.83 bits per heavy atom. The van der Waals surface area contributed by atoms with Crippen LogP contribution in [0.1, 0.15) is 40.5 Å². The van der Waals surface area contributed by atoms with Crippen molar-refractivity contribution in [3.8, 4) is 0 Å². The Morgan fingerprint density at radius 3 is 2.35 bits per heavy atom. The molecule has 0 heterocycles. The largest absolute Gasteiger partial charge is 0.501 e. The zero-order valence-electron chi connectivity index (χ0n) is 16.2. The van der Waals surface area contributed by atoms with E-state index in [4.69, 9.17) is 9.16 Å². The van der Waals surface area contributed by atoms with Crippen molar-refractivity contribution in [1.82, 2.24) is 4.90 Å². The minimum Gasteiger partial charge on any atom is -0.501 e. The Balaban J connectivity index is 3.99. The molecule has 0 aliphatic rings. The maximum absolute atomic E-state index is 11.8. The molecule has 0 N–H and O–H groups in total. The maximum atomic E-state index is 11.8. The fourth-order valence-electron chi connectivity index (χ4n) is 1.53. The van der Waals surface area contributed by atoms with Gasteiger partial charge in [-0.25, -0.2) is 0 Å². The minimum atomic E-state index is -1.62. The average Bonchev–Trinajstić information content (AvgIpc) is 2.44. The van der Waals surface area contributed by atoms with Gasteiger partial charge in [-0.3, -0.25) is 4.79 Å². The monoisotopic (exact) mass is 341 g/mol. The van der Waals surface area contributed by atoms with Crippen LogP contribution in [0.15, 0.2) is 24.0 Å². The van der Waals surface area contributed by atoms with Gasteiger partial charge < -0.3 is 14.1 Å². The summed E-state index contributed by atoms with van der Waals surface area (Å²) in [6.07, 6.45) is 7.64. The minimum absolute atomic E-state index is 0.0461. The standard InChI is InChI=1S/C18H35NO3Si/c1-16(21-6)15-17(20)19(5)13-11-9-10-12-14-22-23(7,8)18(2,3)4/h9,11,15H,10,12-14H2,1-8H3/b11-9+,16-15+. The summed E-state index contributed by atoms with van der Waals surface area (Å²) >= 11 is 0. The van der Waals surface area contributed by atoms with Gasteiger partial charge >= 0.3 is 0 Å². The highest BCUT2D eigenvalue weighted by Crippen LogP contribution is 2.36. The van der Waals surface area contributed by atoms with Gasteiger partial charge in [-0.2, -0.15) is 0 Å². The molecule has 1 amide bonds. The van der Waals surface area contributed by atoms with Gasteiger partial charge in [0.15, 0.2) is 8.32 Å². The summed E-state index contributed by atoms with van der Waals surface area (Å²) in [6, 6.07) is 0. The van der Waals surface area contributed by atoms with Crippen LogP contribution in [0.4, 0.5) is 0 Å². The number of amides is 1. The van der Waals surface area contributed by atoms with Crippen LogP contribution in [-0.2, 0) is 14.0 Å². The third-order valence-corrected chi connectivity index (χ3v) is 8.89. The second-order valence-electron chi connectivity index (χ2n) is 7.40. The molecule has 23 heavy (non-hydrogen) atoms. The van der Waals surface area contributed by atoms with Gasteiger partial charge in [0, 0.05) is 26.3 Å². The molecule has 0 aromatic rings. The molecule has 0 spiro atoms. The molecule has 4 nitrogen and oxygen atoms in total. The zero-order valence-corrected chi connectivity index (χ0v) is 17.2. The Hall–Kier alpha value is -1.07. The molecule has 0 radical (unpaired) electrons.